The van der Waals surface area contributed by atoms with Gasteiger partial charge < -0.3 is 10.6 Å². The first-order chi connectivity index (χ1) is 8.22. The molecule has 0 radical (unpaired) electrons. The molecule has 2 heterocycles. The zero-order valence-corrected chi connectivity index (χ0v) is 11.2. The molecule has 3 rings (SSSR count). The molecule has 1 unspecified atom stereocenters. The molecule has 17 heavy (non-hydrogen) atoms. The Hall–Kier alpha value is -0.450. The Labute approximate surface area is 107 Å². The van der Waals surface area contributed by atoms with E-state index in [2.05, 4.69) is 17.3 Å². The summed E-state index contributed by atoms with van der Waals surface area (Å²) in [5.41, 5.74) is 7.15. The van der Waals surface area contributed by atoms with Crippen LogP contribution in [0.15, 0.2) is 5.38 Å². The average molecular weight is 251 g/mol. The summed E-state index contributed by atoms with van der Waals surface area (Å²) in [4.78, 5) is 7.29. The van der Waals surface area contributed by atoms with E-state index >= 15 is 0 Å². The molecule has 0 spiro atoms. The Kier molecular flexibility index (Phi) is 3.19. The highest BCUT2D eigenvalue weighted by molar-refractivity contribution is 7.09. The molecular formula is C13H21N3S. The number of thiazole rings is 1. The van der Waals surface area contributed by atoms with Crippen molar-refractivity contribution in [1.29, 1.82) is 0 Å². The maximum absolute atomic E-state index is 5.84. The number of piperidine rings is 1. The van der Waals surface area contributed by atoms with Crippen molar-refractivity contribution < 1.29 is 0 Å². The van der Waals surface area contributed by atoms with E-state index in [1.807, 2.05) is 11.3 Å². The number of likely N-dealkylation sites (tertiary alicyclic amines) is 1. The maximum Gasteiger partial charge on any atom is 0.0972 e. The van der Waals surface area contributed by atoms with Gasteiger partial charge in [-0.15, -0.1) is 11.3 Å². The van der Waals surface area contributed by atoms with Gasteiger partial charge in [0.25, 0.3) is 0 Å². The van der Waals surface area contributed by atoms with Crippen molar-refractivity contribution >= 4 is 11.3 Å². The van der Waals surface area contributed by atoms with E-state index in [4.69, 9.17) is 10.7 Å². The van der Waals surface area contributed by atoms with Gasteiger partial charge >= 0.3 is 0 Å². The minimum atomic E-state index is 0.422. The second kappa shape index (κ2) is 4.67. The molecule has 0 amide bonds. The van der Waals surface area contributed by atoms with Gasteiger partial charge in [0.15, 0.2) is 0 Å². The normalized spacial score (nSPS) is 34.6. The molecule has 1 aliphatic heterocycles. The summed E-state index contributed by atoms with van der Waals surface area (Å²) in [5.74, 6) is 1.32. The van der Waals surface area contributed by atoms with Crippen LogP contribution >= 0.6 is 11.3 Å². The monoisotopic (exact) mass is 251 g/mol. The second-order valence-electron chi connectivity index (χ2n) is 5.64. The van der Waals surface area contributed by atoms with Crippen molar-refractivity contribution in [3.8, 4) is 0 Å². The third-order valence-corrected chi connectivity index (χ3v) is 5.13. The Morgan fingerprint density at radius 2 is 2.24 bits per heavy atom. The van der Waals surface area contributed by atoms with Gasteiger partial charge in [-0.1, -0.05) is 0 Å². The van der Waals surface area contributed by atoms with E-state index in [-0.39, 0.29) is 0 Å². The average Bonchev–Trinajstić information content (AvgIpc) is 2.74. The van der Waals surface area contributed by atoms with Crippen LogP contribution in [0.3, 0.4) is 0 Å². The Balaban J connectivity index is 1.67. The van der Waals surface area contributed by atoms with Crippen LogP contribution in [0.2, 0.25) is 0 Å². The first kappa shape index (κ1) is 11.6. The van der Waals surface area contributed by atoms with Gasteiger partial charge in [-0.05, 0) is 39.3 Å². The van der Waals surface area contributed by atoms with Crippen molar-refractivity contribution in [2.24, 2.45) is 5.73 Å². The fourth-order valence-electron chi connectivity index (χ4n) is 2.95. The van der Waals surface area contributed by atoms with Crippen LogP contribution in [0.25, 0.3) is 0 Å². The lowest BCUT2D eigenvalue weighted by Crippen LogP contribution is -2.35. The molecule has 4 heteroatoms. The van der Waals surface area contributed by atoms with E-state index in [1.54, 1.807) is 0 Å². The predicted octanol–water partition coefficient (Wildman–Crippen LogP) is 2.16. The molecule has 3 nitrogen and oxygen atoms in total. The molecule has 1 aliphatic carbocycles. The number of nitrogens with two attached hydrogens (primary N) is 1. The first-order valence-corrected chi connectivity index (χ1v) is 7.50. The van der Waals surface area contributed by atoms with E-state index < -0.39 is 0 Å². The summed E-state index contributed by atoms with van der Waals surface area (Å²) in [6.07, 6.45) is 4.88. The molecule has 1 saturated carbocycles. The Morgan fingerprint density at radius 1 is 1.41 bits per heavy atom. The topological polar surface area (TPSA) is 42.2 Å². The van der Waals surface area contributed by atoms with Crippen LogP contribution in [0.5, 0.6) is 0 Å². The third-order valence-electron chi connectivity index (χ3n) is 4.11. The molecule has 1 aromatic heterocycles. The number of nitrogens with zero attached hydrogens (tertiary/aromatic N) is 2. The highest BCUT2D eigenvalue weighted by Gasteiger charge is 2.30. The van der Waals surface area contributed by atoms with Gasteiger partial charge in [0.2, 0.25) is 0 Å². The van der Waals surface area contributed by atoms with E-state index in [0.717, 1.165) is 12.8 Å². The largest absolute Gasteiger partial charge is 0.328 e. The fourth-order valence-corrected chi connectivity index (χ4v) is 3.98. The molecule has 2 fully saturated rings. The maximum atomic E-state index is 5.84. The Bertz CT molecular complexity index is 384. The van der Waals surface area contributed by atoms with Gasteiger partial charge in [0.1, 0.15) is 0 Å². The summed E-state index contributed by atoms with van der Waals surface area (Å²) in [5, 5.41) is 3.62. The van der Waals surface area contributed by atoms with Gasteiger partial charge in [-0.2, -0.15) is 0 Å². The van der Waals surface area contributed by atoms with Crippen LogP contribution < -0.4 is 5.73 Å². The molecule has 94 valence electrons. The van der Waals surface area contributed by atoms with Crippen LogP contribution in [0.4, 0.5) is 0 Å². The lowest BCUT2D eigenvalue weighted by atomic mass is 9.79. The van der Waals surface area contributed by atoms with Crippen LogP contribution in [-0.4, -0.2) is 36.1 Å². The lowest BCUT2D eigenvalue weighted by Gasteiger charge is -2.31. The zero-order valence-electron chi connectivity index (χ0n) is 10.4. The van der Waals surface area contributed by atoms with Crippen molar-refractivity contribution in [2.45, 2.75) is 43.6 Å². The van der Waals surface area contributed by atoms with E-state index in [0.29, 0.717) is 17.9 Å². The standard InChI is InChI=1S/C13H21N3S/c1-16-4-2-3-9(7-16)13-15-12(8-17-13)10-5-11(14)6-10/h8-11H,2-7,14H2,1H3. The SMILES string of the molecule is CN1CCCC(c2nc(C3CC(N)C3)cs2)C1. The summed E-state index contributed by atoms with van der Waals surface area (Å²) in [6, 6.07) is 0.422. The summed E-state index contributed by atoms with van der Waals surface area (Å²) in [6.45, 7) is 2.42. The van der Waals surface area contributed by atoms with Gasteiger partial charge in [0, 0.05) is 29.8 Å². The third kappa shape index (κ3) is 2.39. The number of hydrogen-bond acceptors (Lipinski definition) is 4. The van der Waals surface area contributed by atoms with Crippen LogP contribution in [-0.2, 0) is 0 Å². The summed E-state index contributed by atoms with van der Waals surface area (Å²) < 4.78 is 0. The minimum Gasteiger partial charge on any atom is -0.328 e. The summed E-state index contributed by atoms with van der Waals surface area (Å²) >= 11 is 1.86. The molecule has 1 saturated heterocycles. The van der Waals surface area contributed by atoms with Crippen molar-refractivity contribution in [1.82, 2.24) is 9.88 Å². The molecule has 0 aromatic carbocycles. The molecule has 2 aliphatic rings. The summed E-state index contributed by atoms with van der Waals surface area (Å²) in [7, 11) is 2.21. The highest BCUT2D eigenvalue weighted by atomic mass is 32.1. The molecule has 1 aromatic rings. The van der Waals surface area contributed by atoms with Crippen molar-refractivity contribution in [2.75, 3.05) is 20.1 Å². The van der Waals surface area contributed by atoms with Crippen molar-refractivity contribution in [3.63, 3.8) is 0 Å². The predicted molar refractivity (Wildman–Crippen MR) is 71.5 cm³/mol. The van der Waals surface area contributed by atoms with Crippen LogP contribution in [0.1, 0.15) is 48.2 Å². The number of hydrogen-bond donors (Lipinski definition) is 1. The van der Waals surface area contributed by atoms with Crippen molar-refractivity contribution in [3.05, 3.63) is 16.1 Å². The molecule has 2 N–H and O–H groups in total. The molecule has 0 bridgehead atoms. The van der Waals surface area contributed by atoms with E-state index in [1.165, 1.54) is 36.6 Å². The highest BCUT2D eigenvalue weighted by Crippen LogP contribution is 2.38. The molecular weight excluding hydrogens is 230 g/mol. The zero-order chi connectivity index (χ0) is 11.8. The number of rotatable bonds is 2. The lowest BCUT2D eigenvalue weighted by molar-refractivity contribution is 0.250. The van der Waals surface area contributed by atoms with E-state index in [9.17, 15) is 0 Å². The molecule has 1 atom stereocenters. The van der Waals surface area contributed by atoms with Gasteiger partial charge in [-0.25, -0.2) is 4.98 Å². The van der Waals surface area contributed by atoms with Gasteiger partial charge in [-0.3, -0.25) is 0 Å². The minimum absolute atomic E-state index is 0.422. The number of likely N-dealkylation sites (N-methyl/N-ethyl adjacent to an activating group) is 1. The smallest absolute Gasteiger partial charge is 0.0972 e. The first-order valence-electron chi connectivity index (χ1n) is 6.62. The fraction of sp³-hybridized carbons (Fsp3) is 0.769. The van der Waals surface area contributed by atoms with Gasteiger partial charge in [0.05, 0.1) is 10.7 Å². The second-order valence-corrected chi connectivity index (χ2v) is 6.53. The van der Waals surface area contributed by atoms with Crippen LogP contribution in [0, 0.1) is 0 Å². The Morgan fingerprint density at radius 3 is 2.94 bits per heavy atom. The number of aromatic nitrogens is 1. The quantitative estimate of drug-likeness (QED) is 0.876.